The summed E-state index contributed by atoms with van der Waals surface area (Å²) in [6.07, 6.45) is 1.03. The molecule has 1 atom stereocenters. The minimum absolute atomic E-state index is 0.0273. The first-order valence-corrected chi connectivity index (χ1v) is 8.36. The van der Waals surface area contributed by atoms with Crippen LogP contribution in [0.5, 0.6) is 0 Å². The van der Waals surface area contributed by atoms with E-state index in [0.717, 1.165) is 25.2 Å². The molecule has 1 saturated heterocycles. The Hall–Kier alpha value is -1.95. The van der Waals surface area contributed by atoms with Gasteiger partial charge < -0.3 is 10.2 Å². The van der Waals surface area contributed by atoms with E-state index >= 15 is 0 Å². The van der Waals surface area contributed by atoms with Crippen molar-refractivity contribution in [1.29, 1.82) is 0 Å². The molecule has 116 valence electrons. The minimum atomic E-state index is -0.111. The zero-order valence-electron chi connectivity index (χ0n) is 12.8. The number of nitrogens with zero attached hydrogens (tertiary/aromatic N) is 3. The molecule has 1 aliphatic heterocycles. The van der Waals surface area contributed by atoms with Crippen LogP contribution in [0.25, 0.3) is 0 Å². The third-order valence-electron chi connectivity index (χ3n) is 4.50. The van der Waals surface area contributed by atoms with E-state index in [1.165, 1.54) is 17.1 Å². The monoisotopic (exact) mass is 316 g/mol. The molecule has 0 spiro atoms. The number of benzene rings is 1. The molecule has 22 heavy (non-hydrogen) atoms. The zero-order valence-corrected chi connectivity index (χ0v) is 13.6. The van der Waals surface area contributed by atoms with Crippen molar-refractivity contribution in [2.45, 2.75) is 31.7 Å². The predicted molar refractivity (Wildman–Crippen MR) is 86.8 cm³/mol. The van der Waals surface area contributed by atoms with Crippen molar-refractivity contribution in [2.24, 2.45) is 0 Å². The van der Waals surface area contributed by atoms with Crippen LogP contribution in [0, 0.1) is 0 Å². The van der Waals surface area contributed by atoms with Gasteiger partial charge in [0.25, 0.3) is 0 Å². The second kappa shape index (κ2) is 6.04. The second-order valence-electron chi connectivity index (χ2n) is 5.86. The summed E-state index contributed by atoms with van der Waals surface area (Å²) in [5.41, 5.74) is 2.23. The largest absolute Gasteiger partial charge is 0.330 e. The summed E-state index contributed by atoms with van der Waals surface area (Å²) < 4.78 is 3.83. The first-order chi connectivity index (χ1) is 10.6. The highest BCUT2D eigenvalue weighted by molar-refractivity contribution is 7.03. The second-order valence-corrected chi connectivity index (χ2v) is 6.47. The number of rotatable bonds is 4. The lowest BCUT2D eigenvalue weighted by Gasteiger charge is -2.50. The quantitative estimate of drug-likeness (QED) is 0.943. The number of carbonyl (C=O) groups excluding carboxylic acids is 1. The molecular formula is C16H20N4OS. The van der Waals surface area contributed by atoms with E-state index in [0.29, 0.717) is 0 Å². The number of amides is 2. The Balaban J connectivity index is 1.61. The van der Waals surface area contributed by atoms with Gasteiger partial charge in [-0.05, 0) is 30.4 Å². The van der Waals surface area contributed by atoms with Crippen LogP contribution in [0.4, 0.5) is 4.79 Å². The Morgan fingerprint density at radius 1 is 1.41 bits per heavy atom. The molecule has 1 N–H and O–H groups in total. The summed E-state index contributed by atoms with van der Waals surface area (Å²) in [6.45, 7) is 5.65. The molecule has 2 heterocycles. The summed E-state index contributed by atoms with van der Waals surface area (Å²) in [7, 11) is 0. The molecule has 1 fully saturated rings. The summed E-state index contributed by atoms with van der Waals surface area (Å²) in [4.78, 5) is 14.2. The molecule has 3 rings (SSSR count). The van der Waals surface area contributed by atoms with Crippen LogP contribution in [0.1, 0.15) is 37.6 Å². The summed E-state index contributed by atoms with van der Waals surface area (Å²) in [5.74, 6) is 0. The Morgan fingerprint density at radius 2 is 2.14 bits per heavy atom. The van der Waals surface area contributed by atoms with Crippen molar-refractivity contribution >= 4 is 17.6 Å². The molecule has 1 aromatic heterocycles. The average Bonchev–Trinajstić information content (AvgIpc) is 3.02. The normalized spacial score (nSPS) is 17.6. The van der Waals surface area contributed by atoms with Gasteiger partial charge in [0.15, 0.2) is 0 Å². The molecule has 1 aliphatic rings. The smallest absolute Gasteiger partial charge is 0.317 e. The highest BCUT2D eigenvalue weighted by atomic mass is 32.1. The molecule has 6 heteroatoms. The zero-order chi connectivity index (χ0) is 15.6. The van der Waals surface area contributed by atoms with Crippen molar-refractivity contribution < 1.29 is 4.79 Å². The molecule has 0 radical (unpaired) electrons. The van der Waals surface area contributed by atoms with Crippen LogP contribution in [0.2, 0.25) is 0 Å². The number of nitrogens with one attached hydrogen (secondary N) is 1. The number of hydrogen-bond donors (Lipinski definition) is 1. The van der Waals surface area contributed by atoms with Gasteiger partial charge in [-0.25, -0.2) is 4.79 Å². The average molecular weight is 316 g/mol. The van der Waals surface area contributed by atoms with E-state index in [-0.39, 0.29) is 17.5 Å². The van der Waals surface area contributed by atoms with Gasteiger partial charge in [0, 0.05) is 23.9 Å². The molecular weight excluding hydrogens is 296 g/mol. The molecule has 5 nitrogen and oxygen atoms in total. The maximum absolute atomic E-state index is 12.3. The standard InChI is InChI=1S/C16H20N4OS/c1-3-16(13-7-5-4-6-8-13)10-20(11-16)15(21)17-12(2)14-9-22-19-18-14/h4-9,12H,3,10-11H2,1-2H3,(H,17,21). The number of likely N-dealkylation sites (tertiary alicyclic amines) is 1. The van der Waals surface area contributed by atoms with Crippen LogP contribution >= 0.6 is 11.5 Å². The fourth-order valence-electron chi connectivity index (χ4n) is 2.94. The maximum atomic E-state index is 12.3. The van der Waals surface area contributed by atoms with Gasteiger partial charge in [-0.15, -0.1) is 5.10 Å². The Kier molecular flexibility index (Phi) is 4.11. The molecule has 0 saturated carbocycles. The summed E-state index contributed by atoms with van der Waals surface area (Å²) in [5, 5.41) is 8.85. The number of carbonyl (C=O) groups is 1. The summed E-state index contributed by atoms with van der Waals surface area (Å²) >= 11 is 1.30. The minimum Gasteiger partial charge on any atom is -0.330 e. The van der Waals surface area contributed by atoms with Crippen LogP contribution in [-0.2, 0) is 5.41 Å². The van der Waals surface area contributed by atoms with Crippen molar-refractivity contribution in [3.8, 4) is 0 Å². The van der Waals surface area contributed by atoms with Crippen LogP contribution < -0.4 is 5.32 Å². The Bertz CT molecular complexity index is 623. The van der Waals surface area contributed by atoms with Gasteiger partial charge in [-0.1, -0.05) is 41.7 Å². The molecule has 0 aliphatic carbocycles. The Labute approximate surface area is 134 Å². The number of hydrogen-bond acceptors (Lipinski definition) is 4. The van der Waals surface area contributed by atoms with E-state index in [2.05, 4.69) is 46.1 Å². The topological polar surface area (TPSA) is 58.1 Å². The van der Waals surface area contributed by atoms with Gasteiger partial charge in [-0.2, -0.15) is 0 Å². The molecule has 2 amide bonds. The summed E-state index contributed by atoms with van der Waals surface area (Å²) in [6, 6.07) is 10.3. The highest BCUT2D eigenvalue weighted by Gasteiger charge is 2.45. The molecule has 2 aromatic rings. The van der Waals surface area contributed by atoms with Gasteiger partial charge in [0.05, 0.1) is 11.7 Å². The van der Waals surface area contributed by atoms with Crippen LogP contribution in [-0.4, -0.2) is 33.6 Å². The maximum Gasteiger partial charge on any atom is 0.317 e. The van der Waals surface area contributed by atoms with Gasteiger partial charge >= 0.3 is 6.03 Å². The first kappa shape index (κ1) is 15.0. The van der Waals surface area contributed by atoms with E-state index in [9.17, 15) is 4.79 Å². The van der Waals surface area contributed by atoms with Gasteiger partial charge in [-0.3, -0.25) is 0 Å². The van der Waals surface area contributed by atoms with E-state index in [1.807, 2.05) is 23.3 Å². The lowest BCUT2D eigenvalue weighted by atomic mass is 9.72. The highest BCUT2D eigenvalue weighted by Crippen LogP contribution is 2.37. The van der Waals surface area contributed by atoms with Gasteiger partial charge in [0.1, 0.15) is 0 Å². The fraction of sp³-hybridized carbons (Fsp3) is 0.438. The van der Waals surface area contributed by atoms with E-state index < -0.39 is 0 Å². The fourth-order valence-corrected chi connectivity index (χ4v) is 3.49. The van der Waals surface area contributed by atoms with Crippen molar-refractivity contribution in [3.05, 3.63) is 47.0 Å². The number of urea groups is 1. The third-order valence-corrected chi connectivity index (χ3v) is 5.02. The van der Waals surface area contributed by atoms with Crippen molar-refractivity contribution in [2.75, 3.05) is 13.1 Å². The van der Waals surface area contributed by atoms with Crippen LogP contribution in [0.15, 0.2) is 35.7 Å². The lowest BCUT2D eigenvalue weighted by molar-refractivity contribution is 0.0869. The van der Waals surface area contributed by atoms with Crippen LogP contribution in [0.3, 0.4) is 0 Å². The predicted octanol–water partition coefficient (Wildman–Crippen LogP) is 2.97. The molecule has 1 unspecified atom stereocenters. The molecule has 0 bridgehead atoms. The van der Waals surface area contributed by atoms with E-state index in [1.54, 1.807) is 0 Å². The van der Waals surface area contributed by atoms with Crippen molar-refractivity contribution in [3.63, 3.8) is 0 Å². The first-order valence-electron chi connectivity index (χ1n) is 7.52. The number of aromatic nitrogens is 2. The molecule has 1 aromatic carbocycles. The SMILES string of the molecule is CCC1(c2ccccc2)CN(C(=O)NC(C)c2csnn2)C1. The Morgan fingerprint density at radius 3 is 2.73 bits per heavy atom. The van der Waals surface area contributed by atoms with Gasteiger partial charge in [0.2, 0.25) is 0 Å². The van der Waals surface area contributed by atoms with E-state index in [4.69, 9.17) is 0 Å². The third kappa shape index (κ3) is 2.70. The lowest BCUT2D eigenvalue weighted by Crippen LogP contribution is -2.63. The van der Waals surface area contributed by atoms with Crippen molar-refractivity contribution in [1.82, 2.24) is 19.8 Å².